The van der Waals surface area contributed by atoms with E-state index in [1.54, 1.807) is 0 Å². The van der Waals surface area contributed by atoms with Crippen molar-refractivity contribution < 1.29 is 9.36 Å². The van der Waals surface area contributed by atoms with Crippen molar-refractivity contribution in [2.45, 2.75) is 12.1 Å². The van der Waals surface area contributed by atoms with Crippen LogP contribution in [0.1, 0.15) is 6.42 Å². The van der Waals surface area contributed by atoms with E-state index < -0.39 is 5.24 Å². The fraction of sp³-hybridized carbons (Fsp3) is 0.750. The van der Waals surface area contributed by atoms with Gasteiger partial charge in [0.25, 0.3) is 0 Å². The fourth-order valence-electron chi connectivity index (χ4n) is 0.305. The molecule has 0 aliphatic heterocycles. The van der Waals surface area contributed by atoms with Gasteiger partial charge in [-0.3, -0.25) is 9.36 Å². The van der Waals surface area contributed by atoms with E-state index in [0.717, 1.165) is 0 Å². The number of carbonyl (C=O) groups excluding carboxylic acids is 1. The molecule has 0 aromatic rings. The largest absolute Gasteiger partial charge is 0.281 e. The van der Waals surface area contributed by atoms with Crippen LogP contribution in [0.5, 0.6) is 0 Å². The Bertz CT molecular complexity index is 117. The fourth-order valence-corrected chi connectivity index (χ4v) is 1.17. The highest BCUT2D eigenvalue weighted by Crippen LogP contribution is 2.13. The van der Waals surface area contributed by atoms with Crippen LogP contribution < -0.4 is 0 Å². The summed E-state index contributed by atoms with van der Waals surface area (Å²) in [4.78, 5) is 10.1. The first-order chi connectivity index (χ1) is 4.20. The Morgan fingerprint density at radius 1 is 1.67 bits per heavy atom. The molecule has 1 atom stereocenters. The van der Waals surface area contributed by atoms with Crippen LogP contribution in [0.25, 0.3) is 0 Å². The quantitative estimate of drug-likeness (QED) is 0.383. The van der Waals surface area contributed by atoms with Crippen LogP contribution in [0.3, 0.4) is 0 Å². The Morgan fingerprint density at radius 2 is 2.22 bits per heavy atom. The van der Waals surface area contributed by atoms with Gasteiger partial charge in [0.15, 0.2) is 8.46 Å². The van der Waals surface area contributed by atoms with E-state index >= 15 is 0 Å². The first-order valence-corrected chi connectivity index (χ1v) is 4.07. The Kier molecular flexibility index (Phi) is 5.36. The molecule has 0 aliphatic carbocycles. The van der Waals surface area contributed by atoms with Crippen LogP contribution in [0.2, 0.25) is 0 Å². The lowest BCUT2D eigenvalue weighted by Crippen LogP contribution is -2.04. The van der Waals surface area contributed by atoms with Gasteiger partial charge in [0.2, 0.25) is 5.24 Å². The van der Waals surface area contributed by atoms with Gasteiger partial charge in [-0.2, -0.15) is 0 Å². The van der Waals surface area contributed by atoms with Gasteiger partial charge in [0.1, 0.15) is 0 Å². The van der Waals surface area contributed by atoms with Crippen molar-refractivity contribution in [1.29, 1.82) is 0 Å². The average molecular weight is 187 g/mol. The lowest BCUT2D eigenvalue weighted by molar-refractivity contribution is -0.111. The van der Waals surface area contributed by atoms with Crippen molar-refractivity contribution in [3.05, 3.63) is 0 Å². The minimum Gasteiger partial charge on any atom is -0.281 e. The standard InChI is InChI=1S/C4H5Cl2O2P/c5-2-3(9-8)1-4(6)7/h3H,1-2H2. The molecule has 52 valence electrons. The highest BCUT2D eigenvalue weighted by Gasteiger charge is 2.09. The molecule has 0 saturated carbocycles. The first-order valence-electron chi connectivity index (χ1n) is 2.27. The molecule has 0 N–H and O–H groups in total. The molecule has 5 heteroatoms. The number of hydrogen-bond acceptors (Lipinski definition) is 2. The maximum absolute atomic E-state index is 10.1. The summed E-state index contributed by atoms with van der Waals surface area (Å²) < 4.78 is 10.1. The van der Waals surface area contributed by atoms with Crippen LogP contribution in [0.15, 0.2) is 0 Å². The normalized spacial score (nSPS) is 13.6. The van der Waals surface area contributed by atoms with Crippen LogP contribution in [-0.4, -0.2) is 16.8 Å². The zero-order valence-corrected chi connectivity index (χ0v) is 6.92. The summed E-state index contributed by atoms with van der Waals surface area (Å²) in [5.41, 5.74) is -0.323. The lowest BCUT2D eigenvalue weighted by atomic mass is 10.4. The highest BCUT2D eigenvalue weighted by atomic mass is 35.5. The van der Waals surface area contributed by atoms with Crippen molar-refractivity contribution >= 4 is 36.9 Å². The minimum atomic E-state index is -0.496. The molecule has 0 aromatic heterocycles. The molecule has 0 spiro atoms. The Labute approximate surface area is 64.7 Å². The molecule has 9 heavy (non-hydrogen) atoms. The molecule has 0 saturated heterocycles. The summed E-state index contributed by atoms with van der Waals surface area (Å²) in [7, 11) is -0.117. The van der Waals surface area contributed by atoms with E-state index in [-0.39, 0.29) is 26.4 Å². The van der Waals surface area contributed by atoms with Crippen molar-refractivity contribution in [3.8, 4) is 0 Å². The predicted molar refractivity (Wildman–Crippen MR) is 37.6 cm³/mol. The van der Waals surface area contributed by atoms with E-state index in [1.807, 2.05) is 0 Å². The van der Waals surface area contributed by atoms with Gasteiger partial charge < -0.3 is 0 Å². The van der Waals surface area contributed by atoms with Crippen LogP contribution in [-0.2, 0) is 9.36 Å². The van der Waals surface area contributed by atoms with E-state index in [4.69, 9.17) is 23.2 Å². The number of halogens is 2. The molecule has 0 aliphatic rings. The molecule has 0 rings (SSSR count). The second-order valence-electron chi connectivity index (χ2n) is 1.47. The second-order valence-corrected chi connectivity index (χ2v) is 3.14. The van der Waals surface area contributed by atoms with E-state index in [2.05, 4.69) is 0 Å². The van der Waals surface area contributed by atoms with E-state index in [0.29, 0.717) is 0 Å². The van der Waals surface area contributed by atoms with Crippen molar-refractivity contribution in [2.24, 2.45) is 0 Å². The average Bonchev–Trinajstić information content (AvgIpc) is 1.82. The monoisotopic (exact) mass is 186 g/mol. The molecular formula is C4H5Cl2O2P. The summed E-state index contributed by atoms with van der Waals surface area (Å²) in [6, 6.07) is 0. The van der Waals surface area contributed by atoms with Crippen molar-refractivity contribution in [2.75, 3.05) is 5.88 Å². The number of rotatable bonds is 4. The van der Waals surface area contributed by atoms with Gasteiger partial charge >= 0.3 is 0 Å². The number of hydrogen-bond donors (Lipinski definition) is 0. The maximum atomic E-state index is 10.1. The summed E-state index contributed by atoms with van der Waals surface area (Å²) >= 11 is 10.3. The molecule has 0 heterocycles. The van der Waals surface area contributed by atoms with Gasteiger partial charge in [-0.05, 0) is 11.6 Å². The summed E-state index contributed by atoms with van der Waals surface area (Å²) in [6.45, 7) is 0. The third-order valence-corrected chi connectivity index (χ3v) is 2.13. The summed E-state index contributed by atoms with van der Waals surface area (Å²) in [5, 5.41) is -0.496. The molecule has 0 fully saturated rings. The summed E-state index contributed by atoms with van der Waals surface area (Å²) in [5.74, 6) is 0.198. The Morgan fingerprint density at radius 3 is 2.33 bits per heavy atom. The van der Waals surface area contributed by atoms with Gasteiger partial charge in [0.05, 0.1) is 5.66 Å². The summed E-state index contributed by atoms with van der Waals surface area (Å²) in [6.07, 6.45) is 0.0795. The van der Waals surface area contributed by atoms with E-state index in [1.165, 1.54) is 0 Å². The molecule has 0 bridgehead atoms. The van der Waals surface area contributed by atoms with Crippen molar-refractivity contribution in [1.82, 2.24) is 0 Å². The second kappa shape index (κ2) is 5.16. The third-order valence-electron chi connectivity index (χ3n) is 0.723. The van der Waals surface area contributed by atoms with Crippen LogP contribution in [0.4, 0.5) is 0 Å². The molecule has 0 aromatic carbocycles. The minimum absolute atomic E-state index is 0.0795. The topological polar surface area (TPSA) is 34.1 Å². The maximum Gasteiger partial charge on any atom is 0.222 e. The first kappa shape index (κ1) is 9.35. The smallest absolute Gasteiger partial charge is 0.222 e. The molecule has 0 amide bonds. The number of carbonyl (C=O) groups is 1. The zero-order valence-electron chi connectivity index (χ0n) is 4.51. The zero-order chi connectivity index (χ0) is 7.28. The van der Waals surface area contributed by atoms with Gasteiger partial charge in [-0.1, -0.05) is 0 Å². The molecule has 1 unspecified atom stereocenters. The van der Waals surface area contributed by atoms with Crippen molar-refractivity contribution in [3.63, 3.8) is 0 Å². The van der Waals surface area contributed by atoms with Gasteiger partial charge in [-0.25, -0.2) is 0 Å². The number of alkyl halides is 1. The van der Waals surface area contributed by atoms with E-state index in [9.17, 15) is 9.36 Å². The Balaban J connectivity index is 3.55. The SMILES string of the molecule is O=PC(CCl)CC(=O)Cl. The molecular weight excluding hydrogens is 182 g/mol. The van der Waals surface area contributed by atoms with Gasteiger partial charge in [0, 0.05) is 12.3 Å². The highest BCUT2D eigenvalue weighted by molar-refractivity contribution is 7.25. The molecule has 0 radical (unpaired) electrons. The van der Waals surface area contributed by atoms with Gasteiger partial charge in [-0.15, -0.1) is 11.6 Å². The Hall–Kier alpha value is 0.350. The third kappa shape index (κ3) is 4.83. The predicted octanol–water partition coefficient (Wildman–Crippen LogP) is 2.04. The van der Waals surface area contributed by atoms with Crippen LogP contribution in [0, 0.1) is 0 Å². The van der Waals surface area contributed by atoms with Crippen LogP contribution >= 0.6 is 31.7 Å². The lowest BCUT2D eigenvalue weighted by Gasteiger charge is -1.96. The molecule has 2 nitrogen and oxygen atoms in total.